The van der Waals surface area contributed by atoms with Gasteiger partial charge in [-0.25, -0.2) is 4.79 Å². The van der Waals surface area contributed by atoms with Crippen molar-refractivity contribution in [2.75, 3.05) is 14.2 Å². The van der Waals surface area contributed by atoms with Crippen LogP contribution in [0.4, 0.5) is 4.79 Å². The fraction of sp³-hybridized carbons (Fsp3) is 0.533. The highest BCUT2D eigenvalue weighted by atomic mass is 79.9. The van der Waals surface area contributed by atoms with Crippen LogP contribution in [-0.2, 0) is 10.5 Å². The number of nitrogens with one attached hydrogen (secondary N) is 1. The van der Waals surface area contributed by atoms with Gasteiger partial charge in [-0.2, -0.15) is 0 Å². The minimum atomic E-state index is -3.50. The SMILES string of the molecule is COc1cc(C(O)(O)C(O)(O)NC(=O)OC(C)(C)C)c(OC)cc1Br. The van der Waals surface area contributed by atoms with Crippen molar-refractivity contribution < 1.29 is 39.4 Å². The third-order valence-corrected chi connectivity index (χ3v) is 3.63. The van der Waals surface area contributed by atoms with E-state index in [9.17, 15) is 25.2 Å². The molecule has 0 unspecified atom stereocenters. The zero-order valence-corrected chi connectivity index (χ0v) is 16.0. The van der Waals surface area contributed by atoms with E-state index in [0.29, 0.717) is 4.47 Å². The number of hydrogen-bond acceptors (Lipinski definition) is 8. The molecule has 0 bridgehead atoms. The Hall–Kier alpha value is -1.59. The van der Waals surface area contributed by atoms with Crippen molar-refractivity contribution in [2.24, 2.45) is 0 Å². The van der Waals surface area contributed by atoms with Crippen LogP contribution in [0.3, 0.4) is 0 Å². The smallest absolute Gasteiger partial charge is 0.411 e. The summed E-state index contributed by atoms with van der Waals surface area (Å²) >= 11 is 3.19. The molecular formula is C15H22BrNO8. The number of methoxy groups -OCH3 is 2. The zero-order valence-electron chi connectivity index (χ0n) is 14.5. The van der Waals surface area contributed by atoms with Crippen molar-refractivity contribution in [1.82, 2.24) is 5.32 Å². The van der Waals surface area contributed by atoms with Crippen LogP contribution in [-0.4, -0.2) is 52.3 Å². The number of rotatable bonds is 5. The maximum Gasteiger partial charge on any atom is 0.411 e. The molecule has 0 atom stereocenters. The Morgan fingerprint density at radius 3 is 2.00 bits per heavy atom. The predicted octanol–water partition coefficient (Wildman–Crippen LogP) is 0.767. The number of benzene rings is 1. The van der Waals surface area contributed by atoms with E-state index in [1.54, 1.807) is 26.1 Å². The molecule has 0 fully saturated rings. The van der Waals surface area contributed by atoms with Crippen LogP contribution in [0.25, 0.3) is 0 Å². The molecule has 25 heavy (non-hydrogen) atoms. The maximum atomic E-state index is 11.7. The molecule has 0 heterocycles. The first-order chi connectivity index (χ1) is 11.2. The average molecular weight is 424 g/mol. The molecule has 0 spiro atoms. The highest BCUT2D eigenvalue weighted by Crippen LogP contribution is 2.40. The number of carbonyl (C=O) groups excluding carboxylic acids is 1. The molecule has 142 valence electrons. The Balaban J connectivity index is 3.27. The van der Waals surface area contributed by atoms with Gasteiger partial charge in [-0.3, -0.25) is 5.32 Å². The van der Waals surface area contributed by atoms with Gasteiger partial charge in [0.2, 0.25) is 0 Å². The summed E-state index contributed by atoms with van der Waals surface area (Å²) in [5.74, 6) is -6.79. The van der Waals surface area contributed by atoms with E-state index in [1.165, 1.54) is 20.3 Å². The summed E-state index contributed by atoms with van der Waals surface area (Å²) in [6.45, 7) is 4.66. The molecule has 1 rings (SSSR count). The van der Waals surface area contributed by atoms with Crippen molar-refractivity contribution in [3.05, 3.63) is 22.2 Å². The Labute approximate surface area is 153 Å². The number of amides is 1. The van der Waals surface area contributed by atoms with E-state index in [-0.39, 0.29) is 11.5 Å². The molecule has 0 aliphatic heterocycles. The molecule has 9 nitrogen and oxygen atoms in total. The number of ether oxygens (including phenoxy) is 3. The van der Waals surface area contributed by atoms with Crippen molar-refractivity contribution in [3.8, 4) is 11.5 Å². The van der Waals surface area contributed by atoms with Gasteiger partial charge in [-0.1, -0.05) is 0 Å². The van der Waals surface area contributed by atoms with Crippen molar-refractivity contribution in [1.29, 1.82) is 0 Å². The van der Waals surface area contributed by atoms with Gasteiger partial charge in [0.1, 0.15) is 17.1 Å². The normalized spacial score (nSPS) is 12.6. The number of alkyl carbamates (subject to hydrolysis) is 1. The average Bonchev–Trinajstić information content (AvgIpc) is 2.43. The van der Waals surface area contributed by atoms with Crippen LogP contribution >= 0.6 is 15.9 Å². The van der Waals surface area contributed by atoms with Gasteiger partial charge < -0.3 is 34.6 Å². The first-order valence-electron chi connectivity index (χ1n) is 7.08. The molecular weight excluding hydrogens is 402 g/mol. The van der Waals surface area contributed by atoms with Crippen LogP contribution in [0.5, 0.6) is 11.5 Å². The van der Waals surface area contributed by atoms with Crippen LogP contribution in [0, 0.1) is 0 Å². The van der Waals surface area contributed by atoms with Crippen LogP contribution in [0.15, 0.2) is 16.6 Å². The Bertz CT molecular complexity index is 639. The van der Waals surface area contributed by atoms with Crippen molar-refractivity contribution >= 4 is 22.0 Å². The fourth-order valence-corrected chi connectivity index (χ4v) is 2.34. The Morgan fingerprint density at radius 2 is 1.56 bits per heavy atom. The number of aliphatic hydroxyl groups is 4. The lowest BCUT2D eigenvalue weighted by Gasteiger charge is -2.36. The van der Waals surface area contributed by atoms with Gasteiger partial charge in [0.05, 0.1) is 24.3 Å². The highest BCUT2D eigenvalue weighted by Gasteiger charge is 2.53. The second-order valence-corrected chi connectivity index (χ2v) is 7.01. The third kappa shape index (κ3) is 4.95. The van der Waals surface area contributed by atoms with Crippen molar-refractivity contribution in [2.45, 2.75) is 38.1 Å². The number of carbonyl (C=O) groups is 1. The van der Waals surface area contributed by atoms with E-state index in [0.717, 1.165) is 6.07 Å². The molecule has 1 aromatic rings. The largest absolute Gasteiger partial charge is 0.496 e. The van der Waals surface area contributed by atoms with Gasteiger partial charge in [-0.15, -0.1) is 0 Å². The quantitative estimate of drug-likeness (QED) is 0.437. The first kappa shape index (κ1) is 21.5. The first-order valence-corrected chi connectivity index (χ1v) is 7.87. The third-order valence-electron chi connectivity index (χ3n) is 3.01. The van der Waals surface area contributed by atoms with Gasteiger partial charge in [0.25, 0.3) is 5.79 Å². The zero-order chi connectivity index (χ0) is 19.6. The van der Waals surface area contributed by atoms with Crippen molar-refractivity contribution in [3.63, 3.8) is 0 Å². The van der Waals surface area contributed by atoms with E-state index < -0.39 is 29.0 Å². The van der Waals surface area contributed by atoms with Crippen LogP contribution in [0.1, 0.15) is 26.3 Å². The topological polar surface area (TPSA) is 138 Å². The maximum absolute atomic E-state index is 11.7. The Morgan fingerprint density at radius 1 is 1.04 bits per heavy atom. The molecule has 0 aromatic heterocycles. The van der Waals surface area contributed by atoms with E-state index in [2.05, 4.69) is 15.9 Å². The summed E-state index contributed by atoms with van der Waals surface area (Å²) in [5.41, 5.74) is -1.40. The van der Waals surface area contributed by atoms with Gasteiger partial charge >= 0.3 is 12.0 Å². The molecule has 5 N–H and O–H groups in total. The molecule has 1 amide bonds. The highest BCUT2D eigenvalue weighted by molar-refractivity contribution is 9.10. The van der Waals surface area contributed by atoms with Crippen LogP contribution < -0.4 is 14.8 Å². The standard InChI is InChI=1S/C15H22BrNO8/c1-13(2,3)25-12(18)17-15(21,22)14(19,20)8-6-11(24-5)9(16)7-10(8)23-4/h6-7,19-22H,1-5H3,(H,17,18). The minimum absolute atomic E-state index is 0.101. The lowest BCUT2D eigenvalue weighted by Crippen LogP contribution is -2.63. The van der Waals surface area contributed by atoms with E-state index >= 15 is 0 Å². The molecule has 10 heteroatoms. The molecule has 1 aromatic carbocycles. The lowest BCUT2D eigenvalue weighted by atomic mass is 10.0. The summed E-state index contributed by atoms with van der Waals surface area (Å²) in [5, 5.41) is 42.3. The minimum Gasteiger partial charge on any atom is -0.496 e. The van der Waals surface area contributed by atoms with E-state index in [1.807, 2.05) is 0 Å². The summed E-state index contributed by atoms with van der Waals surface area (Å²) in [7, 11) is 2.57. The Kier molecular flexibility index (Phi) is 6.30. The summed E-state index contributed by atoms with van der Waals surface area (Å²) in [6, 6.07) is 2.44. The van der Waals surface area contributed by atoms with Gasteiger partial charge in [0.15, 0.2) is 0 Å². The summed E-state index contributed by atoms with van der Waals surface area (Å²) in [4.78, 5) is 11.7. The monoisotopic (exact) mass is 423 g/mol. The molecule has 0 saturated carbocycles. The van der Waals surface area contributed by atoms with Crippen LogP contribution in [0.2, 0.25) is 0 Å². The lowest BCUT2D eigenvalue weighted by molar-refractivity contribution is -0.375. The second-order valence-electron chi connectivity index (χ2n) is 6.16. The fourth-order valence-electron chi connectivity index (χ4n) is 1.85. The predicted molar refractivity (Wildman–Crippen MR) is 89.9 cm³/mol. The molecule has 0 saturated heterocycles. The molecule has 0 radical (unpaired) electrons. The van der Waals surface area contributed by atoms with E-state index in [4.69, 9.17) is 14.2 Å². The van der Waals surface area contributed by atoms with Gasteiger partial charge in [0, 0.05) is 0 Å². The molecule has 0 aliphatic rings. The number of halogens is 1. The molecule has 0 aliphatic carbocycles. The number of hydrogen-bond donors (Lipinski definition) is 5. The second kappa shape index (κ2) is 7.34. The summed E-state index contributed by atoms with van der Waals surface area (Å²) in [6.07, 6.45) is -1.27. The summed E-state index contributed by atoms with van der Waals surface area (Å²) < 4.78 is 15.4. The van der Waals surface area contributed by atoms with Gasteiger partial charge in [-0.05, 0) is 48.8 Å².